The van der Waals surface area contributed by atoms with Crippen molar-refractivity contribution in [3.05, 3.63) is 30.0 Å². The Labute approximate surface area is 271 Å². The molecule has 0 radical (unpaired) electrons. The van der Waals surface area contributed by atoms with Gasteiger partial charge in [0, 0.05) is 23.4 Å². The average molecular weight is 663 g/mol. The van der Waals surface area contributed by atoms with Crippen molar-refractivity contribution in [2.24, 2.45) is 11.8 Å². The van der Waals surface area contributed by atoms with E-state index in [-0.39, 0.29) is 36.9 Å². The summed E-state index contributed by atoms with van der Waals surface area (Å²) >= 11 is 0. The van der Waals surface area contributed by atoms with E-state index in [1.165, 1.54) is 18.9 Å². The Morgan fingerprint density at radius 3 is 2.38 bits per heavy atom. The van der Waals surface area contributed by atoms with Gasteiger partial charge in [0.2, 0.25) is 11.8 Å². The van der Waals surface area contributed by atoms with Crippen LogP contribution < -0.4 is 15.4 Å². The van der Waals surface area contributed by atoms with Crippen LogP contribution in [0.5, 0.6) is 5.75 Å². The van der Waals surface area contributed by atoms with E-state index in [0.29, 0.717) is 23.1 Å². The number of hydrogen-bond acceptors (Lipinski definition) is 12. The fraction of sp³-hybridized carbons (Fsp3) is 0.548. The summed E-state index contributed by atoms with van der Waals surface area (Å²) in [5, 5.41) is 6.14. The van der Waals surface area contributed by atoms with Gasteiger partial charge in [0.15, 0.2) is 18.8 Å². The fourth-order valence-electron chi connectivity index (χ4n) is 5.18. The molecule has 2 heterocycles. The first kappa shape index (κ1) is 36.6. The van der Waals surface area contributed by atoms with E-state index < -0.39 is 67.5 Å². The highest BCUT2D eigenvalue weighted by Crippen LogP contribution is 2.27. The van der Waals surface area contributed by atoms with Crippen LogP contribution in [-0.4, -0.2) is 105 Å². The Morgan fingerprint density at radius 2 is 1.72 bits per heavy atom. The second kappa shape index (κ2) is 17.2. The molecule has 1 aromatic carbocycles. The lowest BCUT2D eigenvalue weighted by Gasteiger charge is -2.26. The van der Waals surface area contributed by atoms with E-state index >= 15 is 0 Å². The van der Waals surface area contributed by atoms with E-state index in [4.69, 9.17) is 14.2 Å². The Kier molecular flexibility index (Phi) is 13.4. The molecule has 0 aliphatic carbocycles. The van der Waals surface area contributed by atoms with Crippen LogP contribution >= 0.6 is 0 Å². The maximum Gasteiger partial charge on any atom is 0.510 e. The zero-order valence-corrected chi connectivity index (χ0v) is 27.3. The standard InChI is InChI=1S/C31H42N4O12/c1-17(2)12-23(34-28(38)24-14-20-21(32-24)8-7-9-26(20)42-4)27(37)33-22(25(36)15-45-16-46-30(40)43-5)13-19-10-11-35(29(19)39)18(3)47-31(41)44-6/h7-9,14,17-19,22-23,32H,10-13,15-16H2,1-6H3,(H,33,37)(H,34,38)/t18-,19+,22+,23+/m1/s1. The summed E-state index contributed by atoms with van der Waals surface area (Å²) in [6.45, 7) is 4.36. The summed E-state index contributed by atoms with van der Waals surface area (Å²) in [6, 6.07) is 4.69. The number of likely N-dealkylation sites (tertiary alicyclic amines) is 1. The summed E-state index contributed by atoms with van der Waals surface area (Å²) in [7, 11) is 3.78. The number of nitrogens with one attached hydrogen (secondary N) is 3. The Morgan fingerprint density at radius 1 is 1.00 bits per heavy atom. The number of benzene rings is 1. The topological polar surface area (TPSA) is 201 Å². The number of aromatic amines is 1. The molecule has 2 aromatic rings. The van der Waals surface area contributed by atoms with E-state index in [0.717, 1.165) is 14.2 Å². The molecule has 3 amide bonds. The van der Waals surface area contributed by atoms with Gasteiger partial charge < -0.3 is 48.9 Å². The summed E-state index contributed by atoms with van der Waals surface area (Å²) in [4.78, 5) is 80.7. The smallest absolute Gasteiger partial charge is 0.496 e. The van der Waals surface area contributed by atoms with Crippen molar-refractivity contribution in [1.29, 1.82) is 0 Å². The summed E-state index contributed by atoms with van der Waals surface area (Å²) in [6.07, 6.45) is -2.43. The molecular weight excluding hydrogens is 620 g/mol. The molecule has 1 saturated heterocycles. The largest absolute Gasteiger partial charge is 0.510 e. The quantitative estimate of drug-likeness (QED) is 0.135. The molecule has 0 bridgehead atoms. The Bertz CT molecular complexity index is 1440. The Balaban J connectivity index is 1.77. The van der Waals surface area contributed by atoms with Gasteiger partial charge in [0.05, 0.1) is 27.4 Å². The summed E-state index contributed by atoms with van der Waals surface area (Å²) in [5.41, 5.74) is 0.875. The number of nitrogens with zero attached hydrogens (tertiary/aromatic N) is 1. The van der Waals surface area contributed by atoms with Crippen molar-refractivity contribution in [1.82, 2.24) is 20.5 Å². The third kappa shape index (κ3) is 10.1. The molecule has 16 nitrogen and oxygen atoms in total. The van der Waals surface area contributed by atoms with Crippen LogP contribution in [0.1, 0.15) is 50.5 Å². The van der Waals surface area contributed by atoms with Gasteiger partial charge in [-0.1, -0.05) is 19.9 Å². The number of carbonyl (C=O) groups is 6. The van der Waals surface area contributed by atoms with Crippen LogP contribution in [0, 0.1) is 11.8 Å². The summed E-state index contributed by atoms with van der Waals surface area (Å²) in [5.74, 6) is -2.34. The zero-order chi connectivity index (χ0) is 34.7. The monoisotopic (exact) mass is 662 g/mol. The molecule has 1 aromatic heterocycles. The maximum atomic E-state index is 13.7. The highest BCUT2D eigenvalue weighted by atomic mass is 16.8. The fourth-order valence-corrected chi connectivity index (χ4v) is 5.18. The van der Waals surface area contributed by atoms with E-state index in [1.54, 1.807) is 24.3 Å². The predicted octanol–water partition coefficient (Wildman–Crippen LogP) is 2.50. The van der Waals surface area contributed by atoms with Gasteiger partial charge in [0.25, 0.3) is 5.91 Å². The minimum atomic E-state index is -1.21. The van der Waals surface area contributed by atoms with E-state index in [1.807, 2.05) is 13.8 Å². The van der Waals surface area contributed by atoms with Crippen LogP contribution in [0.4, 0.5) is 9.59 Å². The number of aromatic nitrogens is 1. The van der Waals surface area contributed by atoms with Crippen molar-refractivity contribution in [2.45, 2.75) is 58.3 Å². The highest BCUT2D eigenvalue weighted by Gasteiger charge is 2.39. The number of Topliss-reactive ketones (excluding diaryl/α,β-unsaturated/α-hetero) is 1. The lowest BCUT2D eigenvalue weighted by atomic mass is 9.95. The van der Waals surface area contributed by atoms with Crippen molar-refractivity contribution < 1.29 is 57.2 Å². The molecule has 1 aliphatic rings. The van der Waals surface area contributed by atoms with Crippen LogP contribution in [0.25, 0.3) is 10.9 Å². The van der Waals surface area contributed by atoms with Gasteiger partial charge in [-0.3, -0.25) is 19.2 Å². The minimum Gasteiger partial charge on any atom is -0.496 e. The lowest BCUT2D eigenvalue weighted by molar-refractivity contribution is -0.141. The number of methoxy groups -OCH3 is 3. The molecule has 0 saturated carbocycles. The van der Waals surface area contributed by atoms with Gasteiger partial charge >= 0.3 is 12.3 Å². The third-order valence-corrected chi connectivity index (χ3v) is 7.54. The first-order chi connectivity index (χ1) is 22.4. The predicted molar refractivity (Wildman–Crippen MR) is 164 cm³/mol. The third-order valence-electron chi connectivity index (χ3n) is 7.54. The van der Waals surface area contributed by atoms with Crippen molar-refractivity contribution in [2.75, 3.05) is 41.3 Å². The number of ether oxygens (including phenoxy) is 6. The molecule has 258 valence electrons. The molecule has 3 rings (SSSR count). The van der Waals surface area contributed by atoms with Gasteiger partial charge in [-0.05, 0) is 50.3 Å². The number of amides is 3. The molecular formula is C31H42N4O12. The van der Waals surface area contributed by atoms with Crippen molar-refractivity contribution in [3.63, 3.8) is 0 Å². The van der Waals surface area contributed by atoms with Gasteiger partial charge in [-0.2, -0.15) is 0 Å². The molecule has 1 aliphatic heterocycles. The maximum absolute atomic E-state index is 13.7. The van der Waals surface area contributed by atoms with E-state index in [9.17, 15) is 28.8 Å². The van der Waals surface area contributed by atoms with Gasteiger partial charge in [-0.15, -0.1) is 0 Å². The molecule has 3 N–H and O–H groups in total. The molecule has 0 spiro atoms. The molecule has 16 heteroatoms. The molecule has 4 atom stereocenters. The minimum absolute atomic E-state index is 0.0249. The number of ketones is 1. The summed E-state index contributed by atoms with van der Waals surface area (Å²) < 4.78 is 29.1. The lowest BCUT2D eigenvalue weighted by Crippen LogP contribution is -2.53. The van der Waals surface area contributed by atoms with Crippen LogP contribution in [0.2, 0.25) is 0 Å². The molecule has 0 unspecified atom stereocenters. The van der Waals surface area contributed by atoms with Crippen LogP contribution in [0.3, 0.4) is 0 Å². The molecule has 1 fully saturated rings. The van der Waals surface area contributed by atoms with Gasteiger partial charge in [-0.25, -0.2) is 9.59 Å². The number of fused-ring (bicyclic) bond motifs is 1. The number of carbonyl (C=O) groups excluding carboxylic acids is 6. The first-order valence-electron chi connectivity index (χ1n) is 15.0. The van der Waals surface area contributed by atoms with E-state index in [2.05, 4.69) is 29.8 Å². The zero-order valence-electron chi connectivity index (χ0n) is 27.3. The number of H-pyrrole nitrogens is 1. The van der Waals surface area contributed by atoms with Crippen LogP contribution in [-0.2, 0) is 38.1 Å². The number of hydrogen-bond donors (Lipinski definition) is 3. The SMILES string of the molecule is COC(=O)OCOCC(=O)[C@H](C[C@@H]1CCN([C@@H](C)OC(=O)OC)C1=O)NC(=O)[C@H](CC(C)C)NC(=O)c1cc2c(OC)cccc2[nH]1. The second-order valence-corrected chi connectivity index (χ2v) is 11.3. The van der Waals surface area contributed by atoms with Crippen molar-refractivity contribution in [3.8, 4) is 5.75 Å². The highest BCUT2D eigenvalue weighted by molar-refractivity contribution is 6.02. The Hall–Kier alpha value is -4.86. The normalized spacial score (nSPS) is 16.3. The first-order valence-corrected chi connectivity index (χ1v) is 15.0. The van der Waals surface area contributed by atoms with Crippen molar-refractivity contribution >= 4 is 46.7 Å². The average Bonchev–Trinajstić information content (AvgIpc) is 3.65. The molecule has 47 heavy (non-hydrogen) atoms. The number of rotatable bonds is 16. The second-order valence-electron chi connectivity index (χ2n) is 11.3. The van der Waals surface area contributed by atoms with Crippen LogP contribution in [0.15, 0.2) is 24.3 Å². The van der Waals surface area contributed by atoms with Gasteiger partial charge in [0.1, 0.15) is 24.1 Å².